The first kappa shape index (κ1) is 22.3. The Balaban J connectivity index is 0. The highest BCUT2D eigenvalue weighted by atomic mass is 35.5. The van der Waals surface area contributed by atoms with Crippen molar-refractivity contribution in [3.8, 4) is 0 Å². The topological polar surface area (TPSA) is 0 Å². The lowest BCUT2D eigenvalue weighted by Gasteiger charge is -2.28. The first-order chi connectivity index (χ1) is 9.12. The zero-order valence-electron chi connectivity index (χ0n) is 14.5. The van der Waals surface area contributed by atoms with Gasteiger partial charge in [0, 0.05) is 0 Å². The Bertz CT molecular complexity index is 211. The molecule has 0 aliphatic carbocycles. The van der Waals surface area contributed by atoms with Crippen LogP contribution in [0.3, 0.4) is 0 Å². The smallest absolute Gasteiger partial charge is 0.0969 e. The molecule has 122 valence electrons. The standard InChI is InChI=1S/C18H38N.ClH/c1-5-7-9-10-11-12-13-14-15-16-18-19(3,4)17-8-6-2;/h6,8H,5,7,9-18H2,1-4H3;1H/q+1;/p-1. The molecule has 1 nitrogen and oxygen atoms in total. The highest BCUT2D eigenvalue weighted by Crippen LogP contribution is 2.11. The molecule has 0 radical (unpaired) electrons. The van der Waals surface area contributed by atoms with E-state index in [-0.39, 0.29) is 12.4 Å². The molecular formula is C18H38ClN. The molecule has 0 heterocycles. The van der Waals surface area contributed by atoms with Gasteiger partial charge >= 0.3 is 0 Å². The fourth-order valence-corrected chi connectivity index (χ4v) is 2.51. The zero-order valence-corrected chi connectivity index (χ0v) is 15.2. The van der Waals surface area contributed by atoms with Gasteiger partial charge in [-0.05, 0) is 25.8 Å². The molecule has 20 heavy (non-hydrogen) atoms. The van der Waals surface area contributed by atoms with Gasteiger partial charge in [0.1, 0.15) is 0 Å². The van der Waals surface area contributed by atoms with E-state index in [9.17, 15) is 0 Å². The second-order valence-electron chi connectivity index (χ2n) is 6.59. The molecule has 2 heteroatoms. The van der Waals surface area contributed by atoms with Crippen LogP contribution in [0.2, 0.25) is 0 Å². The van der Waals surface area contributed by atoms with Gasteiger partial charge in [0.2, 0.25) is 0 Å². The number of rotatable bonds is 13. The lowest BCUT2D eigenvalue weighted by Crippen LogP contribution is -3.00. The Morgan fingerprint density at radius 1 is 0.750 bits per heavy atom. The van der Waals surface area contributed by atoms with E-state index in [0.717, 1.165) is 4.48 Å². The van der Waals surface area contributed by atoms with E-state index in [0.29, 0.717) is 0 Å². The predicted molar refractivity (Wildman–Crippen MR) is 88.5 cm³/mol. The molecule has 0 atom stereocenters. The Kier molecular flexibility index (Phi) is 17.1. The minimum absolute atomic E-state index is 0. The Morgan fingerprint density at radius 3 is 1.65 bits per heavy atom. The first-order valence-electron chi connectivity index (χ1n) is 8.55. The van der Waals surface area contributed by atoms with Crippen molar-refractivity contribution in [2.75, 3.05) is 27.2 Å². The van der Waals surface area contributed by atoms with E-state index >= 15 is 0 Å². The van der Waals surface area contributed by atoms with Crippen LogP contribution in [0.4, 0.5) is 0 Å². The van der Waals surface area contributed by atoms with Crippen LogP contribution < -0.4 is 12.4 Å². The normalized spacial score (nSPS) is 11.8. The number of unbranched alkanes of at least 4 members (excludes halogenated alkanes) is 9. The average Bonchev–Trinajstić information content (AvgIpc) is 2.38. The third kappa shape index (κ3) is 16.0. The van der Waals surface area contributed by atoms with Gasteiger partial charge in [0.25, 0.3) is 0 Å². The summed E-state index contributed by atoms with van der Waals surface area (Å²) in [6.07, 6.45) is 18.8. The van der Waals surface area contributed by atoms with Crippen molar-refractivity contribution >= 4 is 0 Å². The number of hydrogen-bond donors (Lipinski definition) is 0. The Morgan fingerprint density at radius 2 is 1.20 bits per heavy atom. The van der Waals surface area contributed by atoms with Crippen molar-refractivity contribution in [3.63, 3.8) is 0 Å². The van der Waals surface area contributed by atoms with E-state index < -0.39 is 0 Å². The fraction of sp³-hybridized carbons (Fsp3) is 0.889. The summed E-state index contributed by atoms with van der Waals surface area (Å²) in [6.45, 7) is 6.89. The summed E-state index contributed by atoms with van der Waals surface area (Å²) < 4.78 is 1.14. The molecule has 0 spiro atoms. The van der Waals surface area contributed by atoms with Gasteiger partial charge in [0.05, 0.1) is 27.2 Å². The first-order valence-corrected chi connectivity index (χ1v) is 8.55. The SMILES string of the molecule is CC=CC[N+](C)(C)CCCCCCCCCCCC.[Cl-]. The third-order valence-electron chi connectivity index (χ3n) is 3.95. The molecule has 0 aliphatic heterocycles. The Labute approximate surface area is 134 Å². The molecule has 0 N–H and O–H groups in total. The number of halogens is 1. The molecule has 0 rings (SSSR count). The molecule has 0 amide bonds. The van der Waals surface area contributed by atoms with Crippen molar-refractivity contribution < 1.29 is 16.9 Å². The third-order valence-corrected chi connectivity index (χ3v) is 3.95. The van der Waals surface area contributed by atoms with Crippen molar-refractivity contribution in [2.24, 2.45) is 0 Å². The van der Waals surface area contributed by atoms with Crippen LogP contribution in [0.5, 0.6) is 0 Å². The van der Waals surface area contributed by atoms with E-state index in [1.807, 2.05) is 0 Å². The monoisotopic (exact) mass is 303 g/mol. The summed E-state index contributed by atoms with van der Waals surface area (Å²) in [5.41, 5.74) is 0. The van der Waals surface area contributed by atoms with Crippen LogP contribution in [0.15, 0.2) is 12.2 Å². The Hall–Kier alpha value is -0.0100. The molecule has 0 aliphatic rings. The lowest BCUT2D eigenvalue weighted by molar-refractivity contribution is -0.884. The van der Waals surface area contributed by atoms with Crippen molar-refractivity contribution in [2.45, 2.75) is 78.1 Å². The average molecular weight is 304 g/mol. The minimum atomic E-state index is 0. The van der Waals surface area contributed by atoms with E-state index in [2.05, 4.69) is 40.1 Å². The summed E-state index contributed by atoms with van der Waals surface area (Å²) >= 11 is 0. The van der Waals surface area contributed by atoms with E-state index in [4.69, 9.17) is 0 Å². The number of nitrogens with zero attached hydrogens (tertiary/aromatic N) is 1. The van der Waals surface area contributed by atoms with Gasteiger partial charge in [0.15, 0.2) is 0 Å². The largest absolute Gasteiger partial charge is 1.00 e. The lowest BCUT2D eigenvalue weighted by atomic mass is 10.1. The second-order valence-corrected chi connectivity index (χ2v) is 6.59. The van der Waals surface area contributed by atoms with Crippen LogP contribution in [0.1, 0.15) is 78.1 Å². The number of likely N-dealkylation sites (N-methyl/N-ethyl adjacent to an activating group) is 1. The van der Waals surface area contributed by atoms with Gasteiger partial charge < -0.3 is 16.9 Å². The van der Waals surface area contributed by atoms with Gasteiger partial charge in [-0.25, -0.2) is 0 Å². The molecule has 0 aromatic carbocycles. The maximum absolute atomic E-state index is 2.34. The minimum Gasteiger partial charge on any atom is -1.00 e. The number of hydrogen-bond acceptors (Lipinski definition) is 0. The van der Waals surface area contributed by atoms with Crippen LogP contribution in [-0.4, -0.2) is 31.7 Å². The maximum Gasteiger partial charge on any atom is 0.0969 e. The molecule has 0 bridgehead atoms. The maximum atomic E-state index is 2.34. The molecule has 0 unspecified atom stereocenters. The van der Waals surface area contributed by atoms with Crippen LogP contribution in [0.25, 0.3) is 0 Å². The zero-order chi connectivity index (χ0) is 14.4. The van der Waals surface area contributed by atoms with Crippen molar-refractivity contribution in [1.29, 1.82) is 0 Å². The van der Waals surface area contributed by atoms with Crippen molar-refractivity contribution in [1.82, 2.24) is 0 Å². The molecule has 0 saturated heterocycles. The summed E-state index contributed by atoms with van der Waals surface area (Å²) in [5.74, 6) is 0. The molecule has 0 fully saturated rings. The predicted octanol–water partition coefficient (Wildman–Crippen LogP) is 2.56. The van der Waals surface area contributed by atoms with Crippen molar-refractivity contribution in [3.05, 3.63) is 12.2 Å². The highest BCUT2D eigenvalue weighted by Gasteiger charge is 2.11. The fourth-order valence-electron chi connectivity index (χ4n) is 2.51. The van der Waals surface area contributed by atoms with E-state index in [1.165, 1.54) is 77.3 Å². The van der Waals surface area contributed by atoms with Crippen LogP contribution in [-0.2, 0) is 0 Å². The van der Waals surface area contributed by atoms with Crippen LogP contribution in [0, 0.1) is 0 Å². The van der Waals surface area contributed by atoms with E-state index in [1.54, 1.807) is 0 Å². The highest BCUT2D eigenvalue weighted by molar-refractivity contribution is 4.76. The summed E-state index contributed by atoms with van der Waals surface area (Å²) in [4.78, 5) is 0. The molecule has 0 saturated carbocycles. The van der Waals surface area contributed by atoms with Gasteiger partial charge in [-0.2, -0.15) is 0 Å². The second kappa shape index (κ2) is 15.4. The molecule has 0 aromatic rings. The summed E-state index contributed by atoms with van der Waals surface area (Å²) in [6, 6.07) is 0. The quantitative estimate of drug-likeness (QED) is 0.279. The van der Waals surface area contributed by atoms with Crippen LogP contribution >= 0.6 is 0 Å². The number of quaternary nitrogens is 1. The van der Waals surface area contributed by atoms with Gasteiger partial charge in [-0.15, -0.1) is 0 Å². The molecular weight excluding hydrogens is 266 g/mol. The summed E-state index contributed by atoms with van der Waals surface area (Å²) in [7, 11) is 4.68. The molecule has 0 aromatic heterocycles. The number of allylic oxidation sites excluding steroid dienone is 1. The van der Waals surface area contributed by atoms with Gasteiger partial charge in [-0.1, -0.05) is 64.4 Å². The summed E-state index contributed by atoms with van der Waals surface area (Å²) in [5, 5.41) is 0. The van der Waals surface area contributed by atoms with Gasteiger partial charge in [-0.3, -0.25) is 0 Å².